The number of aliphatic hydroxyl groups excluding tert-OH is 1. The van der Waals surface area contributed by atoms with E-state index in [9.17, 15) is 4.79 Å². The Bertz CT molecular complexity index is 453. The maximum absolute atomic E-state index is 10.4. The Kier molecular flexibility index (Phi) is 4.71. The highest BCUT2D eigenvalue weighted by molar-refractivity contribution is 5.85. The Hall–Kier alpha value is -1.65. The fourth-order valence-electron chi connectivity index (χ4n) is 2.37. The smallest absolute Gasteiger partial charge is 0.328 e. The van der Waals surface area contributed by atoms with Crippen LogP contribution in [0.5, 0.6) is 0 Å². The Morgan fingerprint density at radius 3 is 2.68 bits per heavy atom. The quantitative estimate of drug-likeness (QED) is 0.790. The van der Waals surface area contributed by atoms with E-state index in [1.807, 2.05) is 24.3 Å². The van der Waals surface area contributed by atoms with Gasteiger partial charge in [0.15, 0.2) is 0 Å². The van der Waals surface area contributed by atoms with E-state index in [0.29, 0.717) is 5.92 Å². The molecule has 0 spiro atoms. The number of carboxylic acid groups (broad SMARTS) is 1. The maximum atomic E-state index is 10.4. The Labute approximate surface area is 113 Å². The van der Waals surface area contributed by atoms with E-state index in [1.165, 1.54) is 5.56 Å². The lowest BCUT2D eigenvalue weighted by atomic mass is 10.1. The van der Waals surface area contributed by atoms with Crippen molar-refractivity contribution in [3.05, 3.63) is 41.5 Å². The number of aliphatic hydroxyl groups is 1. The van der Waals surface area contributed by atoms with Crippen molar-refractivity contribution in [2.24, 2.45) is 5.92 Å². The lowest BCUT2D eigenvalue weighted by Crippen LogP contribution is -2.20. The Morgan fingerprint density at radius 2 is 2.11 bits per heavy atom. The zero-order valence-corrected chi connectivity index (χ0v) is 10.8. The molecule has 1 saturated heterocycles. The minimum absolute atomic E-state index is 0.273. The monoisotopic (exact) mass is 261 g/mol. The van der Waals surface area contributed by atoms with Crippen molar-refractivity contribution in [3.63, 3.8) is 0 Å². The van der Waals surface area contributed by atoms with Gasteiger partial charge in [-0.1, -0.05) is 24.3 Å². The number of carboxylic acids is 1. The number of nitrogens with zero attached hydrogens (tertiary/aromatic N) is 1. The minimum Gasteiger partial charge on any atom is -0.478 e. The third kappa shape index (κ3) is 4.19. The normalized spacial score (nSPS) is 20.2. The van der Waals surface area contributed by atoms with Gasteiger partial charge in [0, 0.05) is 25.8 Å². The largest absolute Gasteiger partial charge is 0.478 e. The average molecular weight is 261 g/mol. The molecule has 102 valence electrons. The van der Waals surface area contributed by atoms with Gasteiger partial charge in [0.2, 0.25) is 0 Å². The van der Waals surface area contributed by atoms with Crippen molar-refractivity contribution < 1.29 is 15.0 Å². The first-order chi connectivity index (χ1) is 9.17. The van der Waals surface area contributed by atoms with Crippen molar-refractivity contribution in [3.8, 4) is 0 Å². The van der Waals surface area contributed by atoms with Crippen molar-refractivity contribution in [2.75, 3.05) is 19.7 Å². The summed E-state index contributed by atoms with van der Waals surface area (Å²) in [5.74, 6) is -0.519. The molecule has 0 aromatic heterocycles. The Morgan fingerprint density at radius 1 is 1.37 bits per heavy atom. The molecule has 0 aliphatic carbocycles. The van der Waals surface area contributed by atoms with Crippen LogP contribution in [0.3, 0.4) is 0 Å². The molecule has 1 fully saturated rings. The van der Waals surface area contributed by atoms with Gasteiger partial charge < -0.3 is 10.2 Å². The van der Waals surface area contributed by atoms with Gasteiger partial charge in [-0.05, 0) is 36.1 Å². The SMILES string of the molecule is O=C(O)/C=C/c1ccc(CN2CCC(CO)C2)cc1. The van der Waals surface area contributed by atoms with Crippen LogP contribution in [-0.2, 0) is 11.3 Å². The number of hydrogen-bond acceptors (Lipinski definition) is 3. The van der Waals surface area contributed by atoms with E-state index in [0.717, 1.165) is 37.7 Å². The molecule has 1 atom stereocenters. The van der Waals surface area contributed by atoms with Crippen LogP contribution >= 0.6 is 0 Å². The summed E-state index contributed by atoms with van der Waals surface area (Å²) < 4.78 is 0. The molecular weight excluding hydrogens is 242 g/mol. The molecule has 1 heterocycles. The van der Waals surface area contributed by atoms with E-state index >= 15 is 0 Å². The fourth-order valence-corrected chi connectivity index (χ4v) is 2.37. The van der Waals surface area contributed by atoms with Gasteiger partial charge in [0.1, 0.15) is 0 Å². The summed E-state index contributed by atoms with van der Waals surface area (Å²) in [5, 5.41) is 17.7. The van der Waals surface area contributed by atoms with Crippen LogP contribution in [0.2, 0.25) is 0 Å². The number of aliphatic carboxylic acids is 1. The fraction of sp³-hybridized carbons (Fsp3) is 0.400. The second-order valence-corrected chi connectivity index (χ2v) is 4.99. The van der Waals surface area contributed by atoms with Crippen molar-refractivity contribution in [1.29, 1.82) is 0 Å². The molecule has 0 amide bonds. The zero-order chi connectivity index (χ0) is 13.7. The molecule has 1 aliphatic heterocycles. The summed E-state index contributed by atoms with van der Waals surface area (Å²) in [6.45, 7) is 3.15. The minimum atomic E-state index is -0.934. The van der Waals surface area contributed by atoms with Crippen LogP contribution in [0.15, 0.2) is 30.3 Å². The standard InChI is InChI=1S/C15H19NO3/c17-11-14-7-8-16(10-14)9-13-3-1-12(2-4-13)5-6-15(18)19/h1-6,14,17H,7-11H2,(H,18,19)/b6-5+. The van der Waals surface area contributed by atoms with Crippen LogP contribution < -0.4 is 0 Å². The van der Waals surface area contributed by atoms with E-state index in [1.54, 1.807) is 6.08 Å². The number of likely N-dealkylation sites (tertiary alicyclic amines) is 1. The van der Waals surface area contributed by atoms with Crippen molar-refractivity contribution in [1.82, 2.24) is 4.90 Å². The van der Waals surface area contributed by atoms with Crippen LogP contribution in [0, 0.1) is 5.92 Å². The topological polar surface area (TPSA) is 60.8 Å². The molecule has 4 nitrogen and oxygen atoms in total. The van der Waals surface area contributed by atoms with Gasteiger partial charge in [-0.3, -0.25) is 4.90 Å². The zero-order valence-electron chi connectivity index (χ0n) is 10.8. The van der Waals surface area contributed by atoms with Crippen LogP contribution in [0.4, 0.5) is 0 Å². The highest BCUT2D eigenvalue weighted by Crippen LogP contribution is 2.18. The second kappa shape index (κ2) is 6.50. The van der Waals surface area contributed by atoms with Gasteiger partial charge in [-0.25, -0.2) is 4.79 Å². The highest BCUT2D eigenvalue weighted by Gasteiger charge is 2.21. The summed E-state index contributed by atoms with van der Waals surface area (Å²) in [6, 6.07) is 7.89. The third-order valence-electron chi connectivity index (χ3n) is 3.43. The predicted molar refractivity (Wildman–Crippen MR) is 73.6 cm³/mol. The summed E-state index contributed by atoms with van der Waals surface area (Å²) in [4.78, 5) is 12.8. The number of benzene rings is 1. The molecule has 1 aliphatic rings. The third-order valence-corrected chi connectivity index (χ3v) is 3.43. The van der Waals surface area contributed by atoms with Gasteiger partial charge in [0.25, 0.3) is 0 Å². The first-order valence-electron chi connectivity index (χ1n) is 6.50. The molecule has 4 heteroatoms. The van der Waals surface area contributed by atoms with E-state index < -0.39 is 5.97 Å². The summed E-state index contributed by atoms with van der Waals surface area (Å²) in [5.41, 5.74) is 2.10. The van der Waals surface area contributed by atoms with Crippen LogP contribution in [-0.4, -0.2) is 40.8 Å². The number of hydrogen-bond donors (Lipinski definition) is 2. The molecular formula is C15H19NO3. The average Bonchev–Trinajstić information content (AvgIpc) is 2.85. The Balaban J connectivity index is 1.90. The van der Waals surface area contributed by atoms with E-state index in [4.69, 9.17) is 10.2 Å². The highest BCUT2D eigenvalue weighted by atomic mass is 16.4. The van der Waals surface area contributed by atoms with E-state index in [-0.39, 0.29) is 6.61 Å². The molecule has 2 N–H and O–H groups in total. The number of rotatable bonds is 5. The summed E-state index contributed by atoms with van der Waals surface area (Å²) in [7, 11) is 0. The number of carbonyl (C=O) groups is 1. The second-order valence-electron chi connectivity index (χ2n) is 4.99. The predicted octanol–water partition coefficient (Wildman–Crippen LogP) is 1.60. The molecule has 0 radical (unpaired) electrons. The lowest BCUT2D eigenvalue weighted by molar-refractivity contribution is -0.131. The molecule has 1 aromatic rings. The molecule has 19 heavy (non-hydrogen) atoms. The molecule has 1 unspecified atom stereocenters. The van der Waals surface area contributed by atoms with E-state index in [2.05, 4.69) is 4.90 Å². The summed E-state index contributed by atoms with van der Waals surface area (Å²) in [6.07, 6.45) is 3.79. The summed E-state index contributed by atoms with van der Waals surface area (Å²) >= 11 is 0. The molecule has 0 saturated carbocycles. The lowest BCUT2D eigenvalue weighted by Gasteiger charge is -2.15. The van der Waals surface area contributed by atoms with Crippen molar-refractivity contribution >= 4 is 12.0 Å². The molecule has 1 aromatic carbocycles. The molecule has 2 rings (SSSR count). The molecule has 0 bridgehead atoms. The maximum Gasteiger partial charge on any atom is 0.328 e. The van der Waals surface area contributed by atoms with Gasteiger partial charge in [-0.15, -0.1) is 0 Å². The first kappa shape index (κ1) is 13.8. The first-order valence-corrected chi connectivity index (χ1v) is 6.50. The van der Waals surface area contributed by atoms with Gasteiger partial charge >= 0.3 is 5.97 Å². The van der Waals surface area contributed by atoms with Crippen LogP contribution in [0.25, 0.3) is 6.08 Å². The van der Waals surface area contributed by atoms with Crippen LogP contribution in [0.1, 0.15) is 17.5 Å². The van der Waals surface area contributed by atoms with Gasteiger partial charge in [0.05, 0.1) is 0 Å². The van der Waals surface area contributed by atoms with Gasteiger partial charge in [-0.2, -0.15) is 0 Å². The van der Waals surface area contributed by atoms with Crippen molar-refractivity contribution in [2.45, 2.75) is 13.0 Å².